The highest BCUT2D eigenvalue weighted by Gasteiger charge is 2.19. The Morgan fingerprint density at radius 1 is 1.56 bits per heavy atom. The van der Waals surface area contributed by atoms with Crippen molar-refractivity contribution in [3.05, 3.63) is 34.9 Å². The minimum Gasteiger partial charge on any atom is -0.326 e. The molecule has 1 aromatic rings. The number of hydrogen-bond acceptors (Lipinski definition) is 3. The third kappa shape index (κ3) is 2.41. The summed E-state index contributed by atoms with van der Waals surface area (Å²) in [5, 5.41) is 8.79. The lowest BCUT2D eigenvalue weighted by molar-refractivity contribution is 0.326. The number of nitrogens with zero attached hydrogens (tertiary/aromatic N) is 2. The predicted molar refractivity (Wildman–Crippen MR) is 63.8 cm³/mol. The van der Waals surface area contributed by atoms with Gasteiger partial charge in [0.15, 0.2) is 0 Å². The summed E-state index contributed by atoms with van der Waals surface area (Å²) in [6, 6.07) is 8.38. The molecule has 3 heteroatoms. The second-order valence-electron chi connectivity index (χ2n) is 4.54. The van der Waals surface area contributed by atoms with Gasteiger partial charge in [-0.1, -0.05) is 6.07 Å². The van der Waals surface area contributed by atoms with Crippen molar-refractivity contribution in [1.29, 1.82) is 5.26 Å². The van der Waals surface area contributed by atoms with Gasteiger partial charge in [-0.25, -0.2) is 0 Å². The van der Waals surface area contributed by atoms with E-state index in [4.69, 9.17) is 11.0 Å². The number of rotatable bonds is 2. The Hall–Kier alpha value is -1.37. The first-order chi connectivity index (χ1) is 7.69. The first-order valence-corrected chi connectivity index (χ1v) is 5.66. The Bertz CT molecular complexity index is 420. The van der Waals surface area contributed by atoms with Crippen molar-refractivity contribution in [3.63, 3.8) is 0 Å². The minimum absolute atomic E-state index is 0.332. The van der Waals surface area contributed by atoms with Crippen molar-refractivity contribution in [1.82, 2.24) is 4.90 Å². The van der Waals surface area contributed by atoms with Crippen LogP contribution in [0, 0.1) is 18.3 Å². The quantitative estimate of drug-likeness (QED) is 0.811. The van der Waals surface area contributed by atoms with Crippen LogP contribution < -0.4 is 5.73 Å². The van der Waals surface area contributed by atoms with E-state index in [2.05, 4.69) is 24.0 Å². The molecule has 0 aliphatic carbocycles. The van der Waals surface area contributed by atoms with Crippen molar-refractivity contribution in [2.45, 2.75) is 25.9 Å². The lowest BCUT2D eigenvalue weighted by atomic mass is 10.1. The van der Waals surface area contributed by atoms with Crippen LogP contribution in [-0.2, 0) is 6.54 Å². The van der Waals surface area contributed by atoms with Crippen LogP contribution in [0.1, 0.15) is 23.1 Å². The van der Waals surface area contributed by atoms with Gasteiger partial charge in [0.1, 0.15) is 0 Å². The van der Waals surface area contributed by atoms with Gasteiger partial charge in [-0.15, -0.1) is 0 Å². The molecule has 1 atom stereocenters. The highest BCUT2D eigenvalue weighted by atomic mass is 15.2. The van der Waals surface area contributed by atoms with Crippen molar-refractivity contribution < 1.29 is 0 Å². The Morgan fingerprint density at radius 3 is 2.94 bits per heavy atom. The SMILES string of the molecule is Cc1cc(C#N)ccc1CN1CCC(N)C1. The van der Waals surface area contributed by atoms with E-state index in [1.54, 1.807) is 0 Å². The largest absolute Gasteiger partial charge is 0.326 e. The maximum Gasteiger partial charge on any atom is 0.0991 e. The molecule has 0 aromatic heterocycles. The molecule has 3 nitrogen and oxygen atoms in total. The summed E-state index contributed by atoms with van der Waals surface area (Å²) in [4.78, 5) is 2.37. The van der Waals surface area contributed by atoms with Crippen LogP contribution in [0.3, 0.4) is 0 Å². The fourth-order valence-corrected chi connectivity index (χ4v) is 2.19. The van der Waals surface area contributed by atoms with Gasteiger partial charge in [-0.05, 0) is 36.6 Å². The molecule has 2 rings (SSSR count). The summed E-state index contributed by atoms with van der Waals surface area (Å²) < 4.78 is 0. The average Bonchev–Trinajstić information content (AvgIpc) is 2.67. The van der Waals surface area contributed by atoms with Gasteiger partial charge in [0, 0.05) is 25.7 Å². The van der Waals surface area contributed by atoms with Gasteiger partial charge in [0.2, 0.25) is 0 Å². The maximum atomic E-state index is 8.79. The van der Waals surface area contributed by atoms with E-state index in [1.807, 2.05) is 12.1 Å². The fraction of sp³-hybridized carbons (Fsp3) is 0.462. The van der Waals surface area contributed by atoms with Crippen molar-refractivity contribution in [2.24, 2.45) is 5.73 Å². The lowest BCUT2D eigenvalue weighted by Gasteiger charge is -2.16. The zero-order valence-electron chi connectivity index (χ0n) is 9.61. The molecule has 1 aliphatic heterocycles. The summed E-state index contributed by atoms with van der Waals surface area (Å²) in [5.41, 5.74) is 9.11. The Labute approximate surface area is 96.5 Å². The van der Waals surface area contributed by atoms with E-state index in [0.29, 0.717) is 6.04 Å². The smallest absolute Gasteiger partial charge is 0.0991 e. The van der Waals surface area contributed by atoms with E-state index in [-0.39, 0.29) is 0 Å². The summed E-state index contributed by atoms with van der Waals surface area (Å²) in [5.74, 6) is 0. The first kappa shape index (κ1) is 11.1. The molecular weight excluding hydrogens is 198 g/mol. The van der Waals surface area contributed by atoms with Crippen LogP contribution in [0.4, 0.5) is 0 Å². The molecule has 0 spiro atoms. The second kappa shape index (κ2) is 4.65. The summed E-state index contributed by atoms with van der Waals surface area (Å²) >= 11 is 0. The molecular formula is C13H17N3. The molecule has 2 N–H and O–H groups in total. The van der Waals surface area contributed by atoms with E-state index < -0.39 is 0 Å². The summed E-state index contributed by atoms with van der Waals surface area (Å²) in [7, 11) is 0. The van der Waals surface area contributed by atoms with E-state index in [1.165, 1.54) is 11.1 Å². The second-order valence-corrected chi connectivity index (χ2v) is 4.54. The maximum absolute atomic E-state index is 8.79. The molecule has 0 saturated carbocycles. The van der Waals surface area contributed by atoms with Crippen molar-refractivity contribution in [2.75, 3.05) is 13.1 Å². The summed E-state index contributed by atoms with van der Waals surface area (Å²) in [6.45, 7) is 5.08. The van der Waals surface area contributed by atoms with Gasteiger partial charge >= 0.3 is 0 Å². The standard InChI is InChI=1S/C13H17N3/c1-10-6-11(7-14)2-3-12(10)8-16-5-4-13(15)9-16/h2-3,6,13H,4-5,8-9,15H2,1H3. The Morgan fingerprint density at radius 2 is 2.38 bits per heavy atom. The van der Waals surface area contributed by atoms with Crippen molar-refractivity contribution >= 4 is 0 Å². The van der Waals surface area contributed by atoms with Crippen LogP contribution in [0.2, 0.25) is 0 Å². The van der Waals surface area contributed by atoms with Gasteiger partial charge < -0.3 is 5.73 Å². The van der Waals surface area contributed by atoms with E-state index in [9.17, 15) is 0 Å². The van der Waals surface area contributed by atoms with Crippen LogP contribution in [-0.4, -0.2) is 24.0 Å². The molecule has 1 saturated heterocycles. The number of benzene rings is 1. The summed E-state index contributed by atoms with van der Waals surface area (Å²) in [6.07, 6.45) is 1.09. The molecule has 1 aromatic carbocycles. The Kier molecular flexibility index (Phi) is 3.23. The molecule has 16 heavy (non-hydrogen) atoms. The zero-order chi connectivity index (χ0) is 11.5. The monoisotopic (exact) mass is 215 g/mol. The topological polar surface area (TPSA) is 53.0 Å². The molecule has 0 amide bonds. The minimum atomic E-state index is 0.332. The molecule has 1 fully saturated rings. The lowest BCUT2D eigenvalue weighted by Crippen LogP contribution is -2.26. The number of nitrogens with two attached hydrogens (primary N) is 1. The van der Waals surface area contributed by atoms with E-state index >= 15 is 0 Å². The van der Waals surface area contributed by atoms with Gasteiger partial charge in [0.25, 0.3) is 0 Å². The molecule has 1 unspecified atom stereocenters. The Balaban J connectivity index is 2.08. The van der Waals surface area contributed by atoms with Crippen molar-refractivity contribution in [3.8, 4) is 6.07 Å². The van der Waals surface area contributed by atoms with Gasteiger partial charge in [-0.2, -0.15) is 5.26 Å². The number of hydrogen-bond donors (Lipinski definition) is 1. The molecule has 1 heterocycles. The third-order valence-corrected chi connectivity index (χ3v) is 3.17. The highest BCUT2D eigenvalue weighted by molar-refractivity contribution is 5.37. The number of likely N-dealkylation sites (tertiary alicyclic amines) is 1. The average molecular weight is 215 g/mol. The normalized spacial score (nSPS) is 20.9. The van der Waals surface area contributed by atoms with Gasteiger partial charge in [-0.3, -0.25) is 4.90 Å². The molecule has 0 bridgehead atoms. The van der Waals surface area contributed by atoms with Crippen LogP contribution >= 0.6 is 0 Å². The first-order valence-electron chi connectivity index (χ1n) is 5.66. The number of aryl methyl sites for hydroxylation is 1. The third-order valence-electron chi connectivity index (χ3n) is 3.17. The predicted octanol–water partition coefficient (Wildman–Crippen LogP) is 1.40. The van der Waals surface area contributed by atoms with E-state index in [0.717, 1.165) is 31.6 Å². The molecule has 84 valence electrons. The fourth-order valence-electron chi connectivity index (χ4n) is 2.19. The zero-order valence-corrected chi connectivity index (χ0v) is 9.61. The molecule has 1 aliphatic rings. The van der Waals surface area contributed by atoms with Crippen LogP contribution in [0.15, 0.2) is 18.2 Å². The van der Waals surface area contributed by atoms with Crippen LogP contribution in [0.25, 0.3) is 0 Å². The number of nitriles is 1. The highest BCUT2D eigenvalue weighted by Crippen LogP contribution is 2.16. The van der Waals surface area contributed by atoms with Crippen LogP contribution in [0.5, 0.6) is 0 Å². The van der Waals surface area contributed by atoms with Gasteiger partial charge in [0.05, 0.1) is 11.6 Å². The molecule has 0 radical (unpaired) electrons.